The third kappa shape index (κ3) is 3.97. The van der Waals surface area contributed by atoms with Crippen LogP contribution < -0.4 is 5.56 Å². The van der Waals surface area contributed by atoms with Gasteiger partial charge in [-0.1, -0.05) is 23.8 Å². The average molecular weight is 330 g/mol. The molecule has 1 aliphatic rings. The Labute approximate surface area is 140 Å². The Morgan fingerprint density at radius 1 is 1.12 bits per heavy atom. The number of fused-ring (bicyclic) bond motifs is 1. The number of aryl methyl sites for hydroxylation is 1. The summed E-state index contributed by atoms with van der Waals surface area (Å²) in [6.07, 6.45) is 3.07. The Morgan fingerprint density at radius 2 is 1.92 bits per heavy atom. The second kappa shape index (κ2) is 8.01. The van der Waals surface area contributed by atoms with Gasteiger partial charge in [0.05, 0.1) is 18.6 Å². The summed E-state index contributed by atoms with van der Waals surface area (Å²) in [5.41, 5.74) is 0.514. The molecule has 0 saturated carbocycles. The number of amides is 1. The Hall–Kier alpha value is -2.28. The first kappa shape index (κ1) is 16.6. The van der Waals surface area contributed by atoms with Gasteiger partial charge in [-0.15, -0.1) is 5.10 Å². The molecule has 24 heavy (non-hydrogen) atoms. The van der Waals surface area contributed by atoms with Gasteiger partial charge in [-0.3, -0.25) is 9.59 Å². The van der Waals surface area contributed by atoms with E-state index in [9.17, 15) is 9.59 Å². The number of benzene rings is 1. The third-order valence-corrected chi connectivity index (χ3v) is 4.25. The summed E-state index contributed by atoms with van der Waals surface area (Å²) in [6, 6.07) is 7.22. The molecular weight excluding hydrogens is 308 g/mol. The molecule has 0 bridgehead atoms. The summed E-state index contributed by atoms with van der Waals surface area (Å²) < 4.78 is 6.65. The third-order valence-electron chi connectivity index (χ3n) is 4.25. The molecule has 1 saturated heterocycles. The molecule has 1 aromatic heterocycles. The molecule has 1 aliphatic heterocycles. The van der Waals surface area contributed by atoms with Gasteiger partial charge in [0.1, 0.15) is 5.52 Å². The first-order chi connectivity index (χ1) is 11.8. The summed E-state index contributed by atoms with van der Waals surface area (Å²) in [6.45, 7) is 3.19. The number of carbonyl (C=O) groups excluding carboxylic acids is 1. The molecular formula is C17H22N4O3. The number of ether oxygens (including phenoxy) is 1. The average Bonchev–Trinajstić information content (AvgIpc) is 2.64. The molecule has 0 atom stereocenters. The lowest BCUT2D eigenvalue weighted by molar-refractivity contribution is -0.135. The molecule has 0 aliphatic carbocycles. The van der Waals surface area contributed by atoms with Gasteiger partial charge in [0.15, 0.2) is 0 Å². The standard InChI is InChI=1S/C17H22N4O3/c22-16(20-10-12-24-13-11-20)8-2-1-5-9-21-17(23)14-6-3-4-7-15(14)18-19-21/h3-4,6-7H,1-2,5,8-13H2. The first-order valence-electron chi connectivity index (χ1n) is 8.44. The van der Waals surface area contributed by atoms with Gasteiger partial charge in [0.2, 0.25) is 5.91 Å². The van der Waals surface area contributed by atoms with Crippen molar-refractivity contribution in [1.82, 2.24) is 19.9 Å². The zero-order valence-electron chi connectivity index (χ0n) is 13.7. The second-order valence-electron chi connectivity index (χ2n) is 5.94. The van der Waals surface area contributed by atoms with Crippen molar-refractivity contribution >= 4 is 16.8 Å². The van der Waals surface area contributed by atoms with E-state index >= 15 is 0 Å². The Kier molecular flexibility index (Phi) is 5.53. The van der Waals surface area contributed by atoms with Crippen molar-refractivity contribution in [2.75, 3.05) is 26.3 Å². The fourth-order valence-corrected chi connectivity index (χ4v) is 2.86. The summed E-state index contributed by atoms with van der Waals surface area (Å²) in [4.78, 5) is 26.2. The molecule has 1 amide bonds. The lowest BCUT2D eigenvalue weighted by atomic mass is 10.1. The smallest absolute Gasteiger partial charge is 0.277 e. The maximum Gasteiger partial charge on any atom is 0.277 e. The van der Waals surface area contributed by atoms with Gasteiger partial charge in [-0.2, -0.15) is 0 Å². The zero-order valence-corrected chi connectivity index (χ0v) is 13.7. The lowest BCUT2D eigenvalue weighted by Crippen LogP contribution is -2.40. The van der Waals surface area contributed by atoms with Gasteiger partial charge < -0.3 is 9.64 Å². The quantitative estimate of drug-likeness (QED) is 0.744. The van der Waals surface area contributed by atoms with Gasteiger partial charge >= 0.3 is 0 Å². The highest BCUT2D eigenvalue weighted by Crippen LogP contribution is 2.07. The largest absolute Gasteiger partial charge is 0.378 e. The molecule has 7 heteroatoms. The van der Waals surface area contributed by atoms with Gasteiger partial charge in [-0.05, 0) is 25.0 Å². The van der Waals surface area contributed by atoms with Crippen LogP contribution in [0.2, 0.25) is 0 Å². The molecule has 128 valence electrons. The van der Waals surface area contributed by atoms with E-state index in [1.807, 2.05) is 17.0 Å². The molecule has 0 spiro atoms. The summed E-state index contributed by atoms with van der Waals surface area (Å²) in [5.74, 6) is 0.195. The van der Waals surface area contributed by atoms with Crippen LogP contribution >= 0.6 is 0 Å². The maximum atomic E-state index is 12.3. The Bertz CT molecular complexity index is 753. The fraction of sp³-hybridized carbons (Fsp3) is 0.529. The van der Waals surface area contributed by atoms with Crippen molar-refractivity contribution < 1.29 is 9.53 Å². The fourth-order valence-electron chi connectivity index (χ4n) is 2.86. The summed E-state index contributed by atoms with van der Waals surface area (Å²) in [5, 5.41) is 8.64. The highest BCUT2D eigenvalue weighted by molar-refractivity contribution is 5.76. The van der Waals surface area contributed by atoms with Crippen LogP contribution in [0, 0.1) is 0 Å². The predicted molar refractivity (Wildman–Crippen MR) is 89.7 cm³/mol. The minimum atomic E-state index is -0.106. The molecule has 1 fully saturated rings. The van der Waals surface area contributed by atoms with Crippen LogP contribution in [0.3, 0.4) is 0 Å². The van der Waals surface area contributed by atoms with Crippen molar-refractivity contribution in [3.8, 4) is 0 Å². The van der Waals surface area contributed by atoms with E-state index in [-0.39, 0.29) is 11.5 Å². The monoisotopic (exact) mass is 330 g/mol. The van der Waals surface area contributed by atoms with Crippen LogP contribution in [0.25, 0.3) is 10.9 Å². The number of rotatable bonds is 6. The minimum absolute atomic E-state index is 0.106. The minimum Gasteiger partial charge on any atom is -0.378 e. The molecule has 2 aromatic rings. The van der Waals surface area contributed by atoms with E-state index < -0.39 is 0 Å². The number of aromatic nitrogens is 3. The lowest BCUT2D eigenvalue weighted by Gasteiger charge is -2.26. The van der Waals surface area contributed by atoms with E-state index in [0.717, 1.165) is 19.3 Å². The van der Waals surface area contributed by atoms with Crippen LogP contribution in [-0.4, -0.2) is 52.1 Å². The first-order valence-corrected chi connectivity index (χ1v) is 8.44. The summed E-state index contributed by atoms with van der Waals surface area (Å²) >= 11 is 0. The van der Waals surface area contributed by atoms with E-state index in [1.165, 1.54) is 4.68 Å². The Morgan fingerprint density at radius 3 is 2.75 bits per heavy atom. The molecule has 0 unspecified atom stereocenters. The molecule has 0 radical (unpaired) electrons. The highest BCUT2D eigenvalue weighted by atomic mass is 16.5. The summed E-state index contributed by atoms with van der Waals surface area (Å²) in [7, 11) is 0. The van der Waals surface area contributed by atoms with Gasteiger partial charge in [0, 0.05) is 26.1 Å². The van der Waals surface area contributed by atoms with E-state index in [4.69, 9.17) is 4.74 Å². The topological polar surface area (TPSA) is 77.3 Å². The van der Waals surface area contributed by atoms with Crippen molar-refractivity contribution in [3.63, 3.8) is 0 Å². The zero-order chi connectivity index (χ0) is 16.8. The van der Waals surface area contributed by atoms with Crippen LogP contribution in [0.1, 0.15) is 25.7 Å². The normalized spacial score (nSPS) is 14.9. The predicted octanol–water partition coefficient (Wildman–Crippen LogP) is 1.21. The highest BCUT2D eigenvalue weighted by Gasteiger charge is 2.15. The van der Waals surface area contributed by atoms with E-state index in [1.54, 1.807) is 12.1 Å². The molecule has 3 rings (SSSR count). The van der Waals surface area contributed by atoms with Crippen molar-refractivity contribution in [2.45, 2.75) is 32.2 Å². The van der Waals surface area contributed by atoms with Crippen LogP contribution in [0.4, 0.5) is 0 Å². The number of morpholine rings is 1. The van der Waals surface area contributed by atoms with Crippen molar-refractivity contribution in [1.29, 1.82) is 0 Å². The number of unbranched alkanes of at least 4 members (excludes halogenated alkanes) is 2. The SMILES string of the molecule is O=C(CCCCCn1nnc2ccccc2c1=O)N1CCOCC1. The maximum absolute atomic E-state index is 12.3. The molecule has 7 nitrogen and oxygen atoms in total. The van der Waals surface area contributed by atoms with Crippen molar-refractivity contribution in [3.05, 3.63) is 34.6 Å². The number of hydrogen-bond donors (Lipinski definition) is 0. The number of carbonyl (C=O) groups is 1. The Balaban J connectivity index is 1.44. The van der Waals surface area contributed by atoms with Crippen LogP contribution in [0.15, 0.2) is 29.1 Å². The van der Waals surface area contributed by atoms with Crippen LogP contribution in [-0.2, 0) is 16.1 Å². The molecule has 2 heterocycles. The van der Waals surface area contributed by atoms with Gasteiger partial charge in [-0.25, -0.2) is 4.68 Å². The molecule has 1 aromatic carbocycles. The van der Waals surface area contributed by atoms with Crippen molar-refractivity contribution in [2.24, 2.45) is 0 Å². The van der Waals surface area contributed by atoms with Gasteiger partial charge in [0.25, 0.3) is 5.56 Å². The number of nitrogens with zero attached hydrogens (tertiary/aromatic N) is 4. The van der Waals surface area contributed by atoms with E-state index in [0.29, 0.717) is 50.2 Å². The van der Waals surface area contributed by atoms with E-state index in [2.05, 4.69) is 10.3 Å². The number of hydrogen-bond acceptors (Lipinski definition) is 5. The van der Waals surface area contributed by atoms with Crippen LogP contribution in [0.5, 0.6) is 0 Å². The molecule has 0 N–H and O–H groups in total. The second-order valence-corrected chi connectivity index (χ2v) is 5.94.